The molecule has 0 radical (unpaired) electrons. The Labute approximate surface area is 122 Å². The van der Waals surface area contributed by atoms with E-state index in [9.17, 15) is 0 Å². The van der Waals surface area contributed by atoms with Gasteiger partial charge in [0.2, 0.25) is 0 Å². The molecule has 5 heteroatoms. The molecule has 0 aliphatic rings. The molecule has 0 amide bonds. The van der Waals surface area contributed by atoms with Crippen LogP contribution < -0.4 is 11.1 Å². The maximum Gasteiger partial charge on any atom is 0.180 e. The molecule has 2 heterocycles. The highest BCUT2D eigenvalue weighted by atomic mass is 32.1. The van der Waals surface area contributed by atoms with Crippen molar-refractivity contribution in [3.05, 3.63) is 33.5 Å². The fourth-order valence-corrected chi connectivity index (χ4v) is 3.95. The summed E-state index contributed by atoms with van der Waals surface area (Å²) in [7, 11) is 0. The van der Waals surface area contributed by atoms with Gasteiger partial charge in [0.25, 0.3) is 0 Å². The molecule has 0 spiro atoms. The Kier molecular flexibility index (Phi) is 4.60. The Bertz CT molecular complexity index is 507. The van der Waals surface area contributed by atoms with E-state index in [2.05, 4.69) is 48.6 Å². The van der Waals surface area contributed by atoms with E-state index >= 15 is 0 Å². The number of nitrogens with one attached hydrogen (secondary N) is 1. The fraction of sp³-hybridized carbons (Fsp3) is 0.500. The highest BCUT2D eigenvalue weighted by Gasteiger charge is 2.29. The molecular formula is C14H21N3S2. The minimum Gasteiger partial charge on any atom is -0.375 e. The normalized spacial score (nSPS) is 16.2. The van der Waals surface area contributed by atoms with Crippen LogP contribution in [-0.2, 0) is 5.54 Å². The van der Waals surface area contributed by atoms with E-state index in [-0.39, 0.29) is 5.54 Å². The Morgan fingerprint density at radius 1 is 1.53 bits per heavy atom. The predicted octanol–water partition coefficient (Wildman–Crippen LogP) is 4.15. The summed E-state index contributed by atoms with van der Waals surface area (Å²) in [6, 6.07) is 4.61. The van der Waals surface area contributed by atoms with Crippen LogP contribution in [0.2, 0.25) is 0 Å². The largest absolute Gasteiger partial charge is 0.375 e. The van der Waals surface area contributed by atoms with Gasteiger partial charge in [-0.15, -0.1) is 22.7 Å². The van der Waals surface area contributed by atoms with Gasteiger partial charge >= 0.3 is 0 Å². The minimum atomic E-state index is -0.0621. The first-order valence-corrected chi connectivity index (χ1v) is 8.27. The Morgan fingerprint density at radius 3 is 2.84 bits per heavy atom. The molecule has 0 fully saturated rings. The van der Waals surface area contributed by atoms with Crippen molar-refractivity contribution in [1.82, 2.24) is 10.3 Å². The third kappa shape index (κ3) is 3.35. The first-order valence-electron chi connectivity index (χ1n) is 6.58. The van der Waals surface area contributed by atoms with Gasteiger partial charge in [-0.05, 0) is 31.7 Å². The monoisotopic (exact) mass is 295 g/mol. The number of nitrogens with two attached hydrogens (primary N) is 1. The number of rotatable bonds is 6. The maximum absolute atomic E-state index is 5.78. The zero-order valence-corrected chi connectivity index (χ0v) is 13.3. The van der Waals surface area contributed by atoms with Crippen LogP contribution in [0.5, 0.6) is 0 Å². The van der Waals surface area contributed by atoms with Crippen LogP contribution in [0, 0.1) is 0 Å². The summed E-state index contributed by atoms with van der Waals surface area (Å²) in [5.74, 6) is 0. The van der Waals surface area contributed by atoms with Gasteiger partial charge < -0.3 is 5.73 Å². The molecule has 0 aromatic carbocycles. The van der Waals surface area contributed by atoms with Crippen LogP contribution in [0.3, 0.4) is 0 Å². The van der Waals surface area contributed by atoms with Crippen molar-refractivity contribution < 1.29 is 0 Å². The number of nitrogens with zero attached hydrogens (tertiary/aromatic N) is 1. The molecule has 0 saturated carbocycles. The molecule has 2 aromatic heterocycles. The predicted molar refractivity (Wildman–Crippen MR) is 84.7 cm³/mol. The standard InChI is InChI=1S/C14H21N3S2/c1-4-7-14(3,12-9-16-13(15)19-12)17-10(2)11-6-5-8-18-11/h5-6,8-10,17H,4,7H2,1-3H3,(H2,15,16). The van der Waals surface area contributed by atoms with E-state index in [1.165, 1.54) is 9.75 Å². The first-order chi connectivity index (χ1) is 9.05. The SMILES string of the molecule is CCCC(C)(NC(C)c1cccs1)c1cnc(N)s1. The molecule has 0 aliphatic carbocycles. The Morgan fingerprint density at radius 2 is 2.32 bits per heavy atom. The number of hydrogen-bond donors (Lipinski definition) is 2. The number of thiazole rings is 1. The number of nitrogen functional groups attached to an aromatic ring is 1. The lowest BCUT2D eigenvalue weighted by atomic mass is 9.93. The second kappa shape index (κ2) is 6.03. The number of hydrogen-bond acceptors (Lipinski definition) is 5. The molecule has 19 heavy (non-hydrogen) atoms. The lowest BCUT2D eigenvalue weighted by Crippen LogP contribution is -2.40. The van der Waals surface area contributed by atoms with E-state index in [4.69, 9.17) is 5.73 Å². The minimum absolute atomic E-state index is 0.0621. The van der Waals surface area contributed by atoms with Crippen LogP contribution in [-0.4, -0.2) is 4.98 Å². The van der Waals surface area contributed by atoms with Gasteiger partial charge in [0.05, 0.1) is 5.54 Å². The van der Waals surface area contributed by atoms with Crippen LogP contribution in [0.15, 0.2) is 23.7 Å². The molecule has 0 saturated heterocycles. The van der Waals surface area contributed by atoms with Gasteiger partial charge in [0, 0.05) is 22.0 Å². The molecule has 2 atom stereocenters. The van der Waals surface area contributed by atoms with Crippen LogP contribution in [0.25, 0.3) is 0 Å². The zero-order chi connectivity index (χ0) is 13.9. The van der Waals surface area contributed by atoms with Crippen molar-refractivity contribution in [1.29, 1.82) is 0 Å². The summed E-state index contributed by atoms with van der Waals surface area (Å²) in [4.78, 5) is 6.77. The van der Waals surface area contributed by atoms with Crippen molar-refractivity contribution in [3.8, 4) is 0 Å². The van der Waals surface area contributed by atoms with Crippen LogP contribution >= 0.6 is 22.7 Å². The molecule has 2 unspecified atom stereocenters. The summed E-state index contributed by atoms with van der Waals surface area (Å²) in [6.07, 6.45) is 4.10. The van der Waals surface area contributed by atoms with Gasteiger partial charge in [-0.25, -0.2) is 4.98 Å². The zero-order valence-electron chi connectivity index (χ0n) is 11.6. The number of anilines is 1. The molecule has 2 aromatic rings. The summed E-state index contributed by atoms with van der Waals surface area (Å²) < 4.78 is 0. The van der Waals surface area contributed by atoms with Crippen molar-refractivity contribution >= 4 is 27.8 Å². The number of thiophene rings is 1. The van der Waals surface area contributed by atoms with E-state index in [0.29, 0.717) is 11.2 Å². The van der Waals surface area contributed by atoms with E-state index < -0.39 is 0 Å². The molecule has 3 nitrogen and oxygen atoms in total. The average Bonchev–Trinajstić information content (AvgIpc) is 2.99. The van der Waals surface area contributed by atoms with Gasteiger partial charge in [-0.1, -0.05) is 19.4 Å². The van der Waals surface area contributed by atoms with Gasteiger partial charge in [0.1, 0.15) is 0 Å². The fourth-order valence-electron chi connectivity index (χ4n) is 2.40. The molecule has 3 N–H and O–H groups in total. The third-order valence-electron chi connectivity index (χ3n) is 3.32. The average molecular weight is 295 g/mol. The third-order valence-corrected chi connectivity index (χ3v) is 5.47. The van der Waals surface area contributed by atoms with Crippen molar-refractivity contribution in [3.63, 3.8) is 0 Å². The van der Waals surface area contributed by atoms with Crippen molar-refractivity contribution in [2.75, 3.05) is 5.73 Å². The Balaban J connectivity index is 2.20. The smallest absolute Gasteiger partial charge is 0.180 e. The maximum atomic E-state index is 5.78. The first kappa shape index (κ1) is 14.5. The van der Waals surface area contributed by atoms with E-state index in [1.54, 1.807) is 22.7 Å². The van der Waals surface area contributed by atoms with E-state index in [0.717, 1.165) is 12.8 Å². The summed E-state index contributed by atoms with van der Waals surface area (Å²) in [5.41, 5.74) is 5.72. The summed E-state index contributed by atoms with van der Waals surface area (Å²) >= 11 is 3.37. The summed E-state index contributed by atoms with van der Waals surface area (Å²) in [6.45, 7) is 6.66. The van der Waals surface area contributed by atoms with Crippen molar-refractivity contribution in [2.24, 2.45) is 0 Å². The second-order valence-corrected chi connectivity index (χ2v) is 7.07. The topological polar surface area (TPSA) is 50.9 Å². The van der Waals surface area contributed by atoms with E-state index in [1.807, 2.05) is 6.20 Å². The highest BCUT2D eigenvalue weighted by Crippen LogP contribution is 2.34. The lowest BCUT2D eigenvalue weighted by Gasteiger charge is -2.32. The highest BCUT2D eigenvalue weighted by molar-refractivity contribution is 7.15. The van der Waals surface area contributed by atoms with Crippen LogP contribution in [0.4, 0.5) is 5.13 Å². The molecular weight excluding hydrogens is 274 g/mol. The van der Waals surface area contributed by atoms with Gasteiger partial charge in [-0.2, -0.15) is 0 Å². The summed E-state index contributed by atoms with van der Waals surface area (Å²) in [5, 5.41) is 6.51. The molecule has 0 aliphatic heterocycles. The van der Waals surface area contributed by atoms with Crippen molar-refractivity contribution in [2.45, 2.75) is 45.2 Å². The quantitative estimate of drug-likeness (QED) is 0.841. The molecule has 0 bridgehead atoms. The number of aromatic nitrogens is 1. The van der Waals surface area contributed by atoms with Crippen LogP contribution in [0.1, 0.15) is 49.4 Å². The molecule has 2 rings (SSSR count). The molecule has 104 valence electrons. The Hall–Kier alpha value is -0.910. The lowest BCUT2D eigenvalue weighted by molar-refractivity contribution is 0.309. The van der Waals surface area contributed by atoms with Gasteiger partial charge in [0.15, 0.2) is 5.13 Å². The second-order valence-electron chi connectivity index (χ2n) is 5.03. The van der Waals surface area contributed by atoms with Gasteiger partial charge in [-0.3, -0.25) is 5.32 Å².